The molecule has 4 N–H and O–H groups in total. The fourth-order valence-corrected chi connectivity index (χ4v) is 1.82. The highest BCUT2D eigenvalue weighted by atomic mass is 16.4. The van der Waals surface area contributed by atoms with Gasteiger partial charge in [0.2, 0.25) is 5.91 Å². The van der Waals surface area contributed by atoms with Crippen molar-refractivity contribution in [3.8, 4) is 0 Å². The summed E-state index contributed by atoms with van der Waals surface area (Å²) in [5.74, 6) is -1.34. The summed E-state index contributed by atoms with van der Waals surface area (Å²) in [7, 11) is 0. The summed E-state index contributed by atoms with van der Waals surface area (Å²) in [4.78, 5) is 22.8. The van der Waals surface area contributed by atoms with Gasteiger partial charge in [0, 0.05) is 18.4 Å². The van der Waals surface area contributed by atoms with Crippen LogP contribution < -0.4 is 11.1 Å². The quantitative estimate of drug-likeness (QED) is 0.707. The summed E-state index contributed by atoms with van der Waals surface area (Å²) in [6.45, 7) is 3.54. The number of nitrogens with two attached hydrogens (primary N) is 1. The van der Waals surface area contributed by atoms with Crippen molar-refractivity contribution < 1.29 is 14.7 Å². The van der Waals surface area contributed by atoms with Gasteiger partial charge in [-0.15, -0.1) is 0 Å². The lowest BCUT2D eigenvalue weighted by atomic mass is 9.99. The molecule has 0 spiro atoms. The van der Waals surface area contributed by atoms with Gasteiger partial charge in [0.1, 0.15) is 0 Å². The van der Waals surface area contributed by atoms with Gasteiger partial charge in [-0.25, -0.2) is 0 Å². The number of amides is 1. The molecule has 3 unspecified atom stereocenters. The fraction of sp³-hybridized carbons (Fsp3) is 0.467. The molecule has 0 aliphatic heterocycles. The van der Waals surface area contributed by atoms with E-state index >= 15 is 0 Å². The molecule has 0 saturated heterocycles. The predicted molar refractivity (Wildman–Crippen MR) is 77.0 cm³/mol. The van der Waals surface area contributed by atoms with E-state index in [1.807, 2.05) is 30.3 Å². The molecule has 0 fully saturated rings. The van der Waals surface area contributed by atoms with Crippen LogP contribution in [0.3, 0.4) is 0 Å². The van der Waals surface area contributed by atoms with E-state index in [1.54, 1.807) is 13.8 Å². The molecule has 110 valence electrons. The molecule has 0 saturated carbocycles. The third kappa shape index (κ3) is 5.01. The third-order valence-electron chi connectivity index (χ3n) is 3.37. The second-order valence-corrected chi connectivity index (χ2v) is 5.05. The molecule has 1 aromatic carbocycles. The molecule has 0 aliphatic rings. The minimum Gasteiger partial charge on any atom is -0.481 e. The van der Waals surface area contributed by atoms with Gasteiger partial charge >= 0.3 is 5.97 Å². The van der Waals surface area contributed by atoms with Gasteiger partial charge in [-0.2, -0.15) is 0 Å². The van der Waals surface area contributed by atoms with Crippen molar-refractivity contribution in [2.75, 3.05) is 0 Å². The van der Waals surface area contributed by atoms with Crippen molar-refractivity contribution in [1.29, 1.82) is 0 Å². The number of rotatable bonds is 7. The van der Waals surface area contributed by atoms with E-state index in [1.165, 1.54) is 0 Å². The first-order valence-electron chi connectivity index (χ1n) is 6.74. The first-order chi connectivity index (χ1) is 9.41. The maximum Gasteiger partial charge on any atom is 0.303 e. The third-order valence-corrected chi connectivity index (χ3v) is 3.37. The lowest BCUT2D eigenvalue weighted by Gasteiger charge is -2.22. The highest BCUT2D eigenvalue weighted by molar-refractivity contribution is 5.79. The molecule has 3 atom stereocenters. The zero-order chi connectivity index (χ0) is 15.1. The number of hydrogen-bond donors (Lipinski definition) is 3. The monoisotopic (exact) mass is 278 g/mol. The molecule has 5 heteroatoms. The number of carboxylic acid groups (broad SMARTS) is 1. The van der Waals surface area contributed by atoms with E-state index in [4.69, 9.17) is 10.8 Å². The van der Waals surface area contributed by atoms with E-state index in [9.17, 15) is 9.59 Å². The summed E-state index contributed by atoms with van der Waals surface area (Å²) in [6, 6.07) is 8.82. The van der Waals surface area contributed by atoms with Gasteiger partial charge in [-0.1, -0.05) is 37.3 Å². The number of carbonyl (C=O) groups excluding carboxylic acids is 1. The van der Waals surface area contributed by atoms with Gasteiger partial charge in [-0.05, 0) is 18.9 Å². The van der Waals surface area contributed by atoms with Crippen LogP contribution in [-0.2, 0) is 9.59 Å². The number of carboxylic acids is 1. The van der Waals surface area contributed by atoms with Gasteiger partial charge in [0.25, 0.3) is 0 Å². The van der Waals surface area contributed by atoms with E-state index < -0.39 is 5.97 Å². The first kappa shape index (κ1) is 16.2. The van der Waals surface area contributed by atoms with Gasteiger partial charge in [-0.3, -0.25) is 9.59 Å². The van der Waals surface area contributed by atoms with Crippen molar-refractivity contribution in [3.05, 3.63) is 35.9 Å². The standard InChI is InChI=1S/C15H22N2O3/c1-10(11(2)16)15(20)17-13(8-9-14(18)19)12-6-4-3-5-7-12/h3-7,10-11,13H,8-9,16H2,1-2H3,(H,17,20)(H,18,19). The van der Waals surface area contributed by atoms with E-state index in [0.29, 0.717) is 6.42 Å². The Morgan fingerprint density at radius 3 is 2.35 bits per heavy atom. The van der Waals surface area contributed by atoms with Crippen LogP contribution in [0, 0.1) is 5.92 Å². The Balaban J connectivity index is 2.78. The van der Waals surface area contributed by atoms with Crippen LogP contribution in [0.1, 0.15) is 38.3 Å². The molecule has 0 heterocycles. The topological polar surface area (TPSA) is 92.4 Å². The lowest BCUT2D eigenvalue weighted by molar-refractivity contribution is -0.137. The maximum absolute atomic E-state index is 12.1. The molecule has 0 aliphatic carbocycles. The summed E-state index contributed by atoms with van der Waals surface area (Å²) in [5.41, 5.74) is 6.62. The zero-order valence-corrected chi connectivity index (χ0v) is 11.9. The SMILES string of the molecule is CC(N)C(C)C(=O)NC(CCC(=O)O)c1ccccc1. The Morgan fingerprint density at radius 2 is 1.85 bits per heavy atom. The van der Waals surface area contributed by atoms with Crippen LogP contribution in [0.25, 0.3) is 0 Å². The average molecular weight is 278 g/mol. The fourth-order valence-electron chi connectivity index (χ4n) is 1.82. The van der Waals surface area contributed by atoms with Crippen molar-refractivity contribution in [3.63, 3.8) is 0 Å². The van der Waals surface area contributed by atoms with Crippen LogP contribution in [0.2, 0.25) is 0 Å². The number of benzene rings is 1. The summed E-state index contributed by atoms with van der Waals surface area (Å²) in [5, 5.41) is 11.7. The summed E-state index contributed by atoms with van der Waals surface area (Å²) < 4.78 is 0. The number of aliphatic carboxylic acids is 1. The van der Waals surface area contributed by atoms with Crippen LogP contribution in [-0.4, -0.2) is 23.0 Å². The number of nitrogens with one attached hydrogen (secondary N) is 1. The second-order valence-electron chi connectivity index (χ2n) is 5.05. The van der Waals surface area contributed by atoms with Gasteiger partial charge < -0.3 is 16.2 Å². The maximum atomic E-state index is 12.1. The smallest absolute Gasteiger partial charge is 0.303 e. The minimum absolute atomic E-state index is 0.00635. The molecule has 0 radical (unpaired) electrons. The van der Waals surface area contributed by atoms with Crippen LogP contribution in [0.15, 0.2) is 30.3 Å². The van der Waals surface area contributed by atoms with Crippen LogP contribution >= 0.6 is 0 Å². The van der Waals surface area contributed by atoms with E-state index in [2.05, 4.69) is 5.32 Å². The first-order valence-corrected chi connectivity index (χ1v) is 6.74. The molecular formula is C15H22N2O3. The van der Waals surface area contributed by atoms with Gasteiger partial charge in [0.15, 0.2) is 0 Å². The molecule has 1 aromatic rings. The van der Waals surface area contributed by atoms with Crippen molar-refractivity contribution in [2.24, 2.45) is 11.7 Å². The molecule has 1 rings (SSSR count). The predicted octanol–water partition coefficient (Wildman–Crippen LogP) is 1.69. The normalized spacial score (nSPS) is 15.2. The van der Waals surface area contributed by atoms with Crippen molar-refractivity contribution >= 4 is 11.9 Å². The Bertz CT molecular complexity index is 446. The van der Waals surface area contributed by atoms with Crippen LogP contribution in [0.4, 0.5) is 0 Å². The Labute approximate surface area is 119 Å². The molecule has 5 nitrogen and oxygen atoms in total. The zero-order valence-electron chi connectivity index (χ0n) is 11.9. The summed E-state index contributed by atoms with van der Waals surface area (Å²) in [6.07, 6.45) is 0.364. The van der Waals surface area contributed by atoms with E-state index in [0.717, 1.165) is 5.56 Å². The molecule has 1 amide bonds. The lowest BCUT2D eigenvalue weighted by Crippen LogP contribution is -2.40. The average Bonchev–Trinajstić information content (AvgIpc) is 2.42. The van der Waals surface area contributed by atoms with Crippen LogP contribution in [0.5, 0.6) is 0 Å². The number of carbonyl (C=O) groups is 2. The highest BCUT2D eigenvalue weighted by Gasteiger charge is 2.21. The number of hydrogen-bond acceptors (Lipinski definition) is 3. The minimum atomic E-state index is -0.875. The largest absolute Gasteiger partial charge is 0.481 e. The Morgan fingerprint density at radius 1 is 1.25 bits per heavy atom. The molecule has 20 heavy (non-hydrogen) atoms. The molecular weight excluding hydrogens is 256 g/mol. The molecule has 0 bridgehead atoms. The second kappa shape index (κ2) is 7.65. The Kier molecular flexibility index (Phi) is 6.18. The molecule has 0 aromatic heterocycles. The van der Waals surface area contributed by atoms with Crippen molar-refractivity contribution in [1.82, 2.24) is 5.32 Å². The van der Waals surface area contributed by atoms with Gasteiger partial charge in [0.05, 0.1) is 6.04 Å². The highest BCUT2D eigenvalue weighted by Crippen LogP contribution is 2.19. The summed E-state index contributed by atoms with van der Waals surface area (Å²) >= 11 is 0. The Hall–Kier alpha value is -1.88. The van der Waals surface area contributed by atoms with Crippen molar-refractivity contribution in [2.45, 2.75) is 38.8 Å². The van der Waals surface area contributed by atoms with E-state index in [-0.39, 0.29) is 30.3 Å².